The largest absolute Gasteiger partial charge is 0.469 e. The van der Waals surface area contributed by atoms with Gasteiger partial charge >= 0.3 is 5.97 Å². The maximum atomic E-state index is 12.5. The molecule has 0 aliphatic rings. The van der Waals surface area contributed by atoms with Crippen molar-refractivity contribution in [3.05, 3.63) is 54.6 Å². The van der Waals surface area contributed by atoms with Crippen LogP contribution in [-0.2, 0) is 14.3 Å². The van der Waals surface area contributed by atoms with E-state index in [1.807, 2.05) is 66.4 Å². The third-order valence-electron chi connectivity index (χ3n) is 4.08. The van der Waals surface area contributed by atoms with E-state index in [0.717, 1.165) is 15.5 Å². The summed E-state index contributed by atoms with van der Waals surface area (Å²) in [4.78, 5) is 28.2. The molecule has 1 N–H and O–H groups in total. The zero-order chi connectivity index (χ0) is 19.6. The van der Waals surface area contributed by atoms with Gasteiger partial charge in [0.05, 0.1) is 25.3 Å². The Kier molecular flexibility index (Phi) is 8.36. The number of likely N-dealkylation sites (N-methyl/N-ethyl adjacent to an activating group) is 1. The fourth-order valence-electron chi connectivity index (χ4n) is 2.64. The van der Waals surface area contributed by atoms with Gasteiger partial charge in [-0.2, -0.15) is 0 Å². The molecule has 27 heavy (non-hydrogen) atoms. The maximum absolute atomic E-state index is 12.5. The Morgan fingerprint density at radius 3 is 2.44 bits per heavy atom. The van der Waals surface area contributed by atoms with Crippen LogP contribution in [0.4, 0.5) is 5.69 Å². The molecule has 5 nitrogen and oxygen atoms in total. The normalized spacial score (nSPS) is 11.9. The van der Waals surface area contributed by atoms with E-state index in [-0.39, 0.29) is 24.3 Å². The summed E-state index contributed by atoms with van der Waals surface area (Å²) in [6.07, 6.45) is 0. The summed E-state index contributed by atoms with van der Waals surface area (Å²) in [7, 11) is 1.38. The van der Waals surface area contributed by atoms with Gasteiger partial charge < -0.3 is 10.1 Å². The maximum Gasteiger partial charge on any atom is 0.309 e. The Hall–Kier alpha value is -2.31. The molecule has 2 aromatic rings. The molecular weight excluding hydrogens is 360 g/mol. The number of nitrogens with zero attached hydrogens (tertiary/aromatic N) is 1. The summed E-state index contributed by atoms with van der Waals surface area (Å²) in [6.45, 7) is 5.16. The summed E-state index contributed by atoms with van der Waals surface area (Å²) < 4.78 is 4.76. The molecule has 0 aliphatic carbocycles. The molecular formula is C21H26N2O3S. The number of hydrogen-bond acceptors (Lipinski definition) is 5. The highest BCUT2D eigenvalue weighted by Crippen LogP contribution is 2.33. The third-order valence-corrected chi connectivity index (χ3v) is 5.17. The van der Waals surface area contributed by atoms with Crippen molar-refractivity contribution >= 4 is 29.3 Å². The molecule has 1 amide bonds. The number of carbonyl (C=O) groups excluding carboxylic acids is 2. The van der Waals surface area contributed by atoms with Crippen molar-refractivity contribution in [1.29, 1.82) is 0 Å². The number of esters is 1. The summed E-state index contributed by atoms with van der Waals surface area (Å²) in [5.74, 6) is -0.642. The van der Waals surface area contributed by atoms with Crippen LogP contribution in [0.25, 0.3) is 0 Å². The Balaban J connectivity index is 1.99. The number of amides is 1. The number of methoxy groups -OCH3 is 1. The van der Waals surface area contributed by atoms with Crippen LogP contribution in [0.15, 0.2) is 64.4 Å². The van der Waals surface area contributed by atoms with Crippen molar-refractivity contribution in [2.75, 3.05) is 32.1 Å². The van der Waals surface area contributed by atoms with Gasteiger partial charge in [0.1, 0.15) is 0 Å². The number of ether oxygens (including phenoxy) is 1. The molecule has 2 aromatic carbocycles. The second kappa shape index (κ2) is 10.7. The number of hydrogen-bond donors (Lipinski definition) is 1. The fourth-order valence-corrected chi connectivity index (χ4v) is 3.56. The van der Waals surface area contributed by atoms with Crippen LogP contribution in [-0.4, -0.2) is 43.5 Å². The Morgan fingerprint density at radius 2 is 1.78 bits per heavy atom. The first kappa shape index (κ1) is 21.0. The molecule has 0 spiro atoms. The number of benzene rings is 2. The number of rotatable bonds is 9. The van der Waals surface area contributed by atoms with E-state index in [1.165, 1.54) is 7.11 Å². The van der Waals surface area contributed by atoms with Crippen molar-refractivity contribution in [2.45, 2.75) is 23.6 Å². The number of carbonyl (C=O) groups is 2. The Morgan fingerprint density at radius 1 is 1.11 bits per heavy atom. The summed E-state index contributed by atoms with van der Waals surface area (Å²) in [5, 5.41) is 2.99. The smallest absolute Gasteiger partial charge is 0.309 e. The minimum atomic E-state index is -0.274. The number of para-hydroxylation sites is 1. The zero-order valence-electron chi connectivity index (χ0n) is 16.0. The Labute approximate surface area is 165 Å². The third kappa shape index (κ3) is 6.73. The average molecular weight is 387 g/mol. The molecule has 1 unspecified atom stereocenters. The molecule has 0 saturated heterocycles. The van der Waals surface area contributed by atoms with Crippen LogP contribution >= 0.6 is 11.8 Å². The van der Waals surface area contributed by atoms with E-state index in [0.29, 0.717) is 13.1 Å². The van der Waals surface area contributed by atoms with Gasteiger partial charge in [-0.1, -0.05) is 55.9 Å². The molecule has 0 aliphatic heterocycles. The predicted molar refractivity (Wildman–Crippen MR) is 109 cm³/mol. The highest BCUT2D eigenvalue weighted by Gasteiger charge is 2.19. The van der Waals surface area contributed by atoms with Crippen molar-refractivity contribution in [3.8, 4) is 0 Å². The molecule has 2 rings (SSSR count). The van der Waals surface area contributed by atoms with Crippen LogP contribution in [0.5, 0.6) is 0 Å². The summed E-state index contributed by atoms with van der Waals surface area (Å²) in [5.41, 5.74) is 0.786. The molecule has 0 bridgehead atoms. The van der Waals surface area contributed by atoms with Gasteiger partial charge in [0, 0.05) is 16.3 Å². The SMILES string of the molecule is CCN(CC(=O)Nc1ccccc1Sc1ccccc1)CC(C)C(=O)OC. The van der Waals surface area contributed by atoms with E-state index in [2.05, 4.69) is 5.32 Å². The monoisotopic (exact) mass is 386 g/mol. The van der Waals surface area contributed by atoms with Crippen molar-refractivity contribution in [2.24, 2.45) is 5.92 Å². The highest BCUT2D eigenvalue weighted by molar-refractivity contribution is 7.99. The first-order valence-corrected chi connectivity index (χ1v) is 9.77. The topological polar surface area (TPSA) is 58.6 Å². The Bertz CT molecular complexity index is 752. The first-order chi connectivity index (χ1) is 13.0. The van der Waals surface area contributed by atoms with Gasteiger partial charge in [0.2, 0.25) is 5.91 Å². The second-order valence-corrected chi connectivity index (χ2v) is 7.33. The van der Waals surface area contributed by atoms with Crippen molar-refractivity contribution < 1.29 is 14.3 Å². The molecule has 0 aromatic heterocycles. The van der Waals surface area contributed by atoms with Crippen molar-refractivity contribution in [1.82, 2.24) is 4.90 Å². The zero-order valence-corrected chi connectivity index (χ0v) is 16.8. The first-order valence-electron chi connectivity index (χ1n) is 8.95. The lowest BCUT2D eigenvalue weighted by Gasteiger charge is -2.22. The molecule has 0 radical (unpaired) electrons. The van der Waals surface area contributed by atoms with Gasteiger partial charge in [0.25, 0.3) is 0 Å². The molecule has 0 fully saturated rings. The lowest BCUT2D eigenvalue weighted by molar-refractivity contribution is -0.145. The minimum absolute atomic E-state index is 0.102. The number of nitrogens with one attached hydrogen (secondary N) is 1. The van der Waals surface area contributed by atoms with Crippen LogP contribution < -0.4 is 5.32 Å². The quantitative estimate of drug-likeness (QED) is 0.662. The molecule has 6 heteroatoms. The van der Waals surface area contributed by atoms with E-state index in [4.69, 9.17) is 4.74 Å². The molecule has 1 atom stereocenters. The van der Waals surface area contributed by atoms with Crippen LogP contribution in [0.1, 0.15) is 13.8 Å². The predicted octanol–water partition coefficient (Wildman–Crippen LogP) is 3.91. The van der Waals surface area contributed by atoms with Gasteiger partial charge in [-0.25, -0.2) is 0 Å². The van der Waals surface area contributed by atoms with E-state index < -0.39 is 0 Å². The average Bonchev–Trinajstić information content (AvgIpc) is 2.69. The second-order valence-electron chi connectivity index (χ2n) is 6.21. The van der Waals surface area contributed by atoms with Crippen LogP contribution in [0.2, 0.25) is 0 Å². The van der Waals surface area contributed by atoms with E-state index in [1.54, 1.807) is 18.7 Å². The molecule has 0 saturated carbocycles. The van der Waals surface area contributed by atoms with Gasteiger partial charge in [-0.05, 0) is 30.8 Å². The summed E-state index contributed by atoms with van der Waals surface area (Å²) in [6, 6.07) is 17.8. The lowest BCUT2D eigenvalue weighted by Crippen LogP contribution is -2.38. The number of anilines is 1. The van der Waals surface area contributed by atoms with E-state index in [9.17, 15) is 9.59 Å². The van der Waals surface area contributed by atoms with Gasteiger partial charge in [-0.3, -0.25) is 14.5 Å². The summed E-state index contributed by atoms with van der Waals surface area (Å²) >= 11 is 1.61. The van der Waals surface area contributed by atoms with Gasteiger partial charge in [-0.15, -0.1) is 0 Å². The van der Waals surface area contributed by atoms with E-state index >= 15 is 0 Å². The standard InChI is InChI=1S/C21H26N2O3S/c1-4-23(14-16(2)21(25)26-3)15-20(24)22-18-12-8-9-13-19(18)27-17-10-6-5-7-11-17/h5-13,16H,4,14-15H2,1-3H3,(H,22,24). The molecule has 144 valence electrons. The van der Waals surface area contributed by atoms with Gasteiger partial charge in [0.15, 0.2) is 0 Å². The van der Waals surface area contributed by atoms with Crippen molar-refractivity contribution in [3.63, 3.8) is 0 Å². The highest BCUT2D eigenvalue weighted by atomic mass is 32.2. The fraction of sp³-hybridized carbons (Fsp3) is 0.333. The van der Waals surface area contributed by atoms with Crippen LogP contribution in [0, 0.1) is 5.92 Å². The lowest BCUT2D eigenvalue weighted by atomic mass is 10.1. The minimum Gasteiger partial charge on any atom is -0.469 e. The van der Waals surface area contributed by atoms with Crippen LogP contribution in [0.3, 0.4) is 0 Å². The molecule has 0 heterocycles.